The maximum Gasteiger partial charge on any atom is 0.130 e. The van der Waals surface area contributed by atoms with Crippen LogP contribution in [0.1, 0.15) is 5.56 Å². The van der Waals surface area contributed by atoms with Crippen molar-refractivity contribution in [3.63, 3.8) is 0 Å². The number of aromatic nitrogens is 1. The van der Waals surface area contributed by atoms with Gasteiger partial charge < -0.3 is 5.11 Å². The van der Waals surface area contributed by atoms with Gasteiger partial charge in [-0.05, 0) is 29.8 Å². The molecule has 0 aliphatic heterocycles. The summed E-state index contributed by atoms with van der Waals surface area (Å²) in [6.07, 6.45) is 1.67. The molecule has 1 heterocycles. The molecule has 1 aromatic heterocycles. The summed E-state index contributed by atoms with van der Waals surface area (Å²) in [5.41, 5.74) is 0.921. The Morgan fingerprint density at radius 3 is 2.76 bits per heavy atom. The molecule has 2 nitrogen and oxygen atoms in total. The van der Waals surface area contributed by atoms with Gasteiger partial charge in [0, 0.05) is 21.9 Å². The summed E-state index contributed by atoms with van der Waals surface area (Å²) >= 11 is 13.3. The maximum atomic E-state index is 9.33. The Hall–Kier alpha value is -0.900. The molecule has 0 saturated carbocycles. The first-order valence-electron chi connectivity index (χ1n) is 4.87. The van der Waals surface area contributed by atoms with Crippen molar-refractivity contribution >= 4 is 35.0 Å². The lowest BCUT2D eigenvalue weighted by Gasteiger charge is -2.04. The smallest absolute Gasteiger partial charge is 0.130 e. The summed E-state index contributed by atoms with van der Waals surface area (Å²) in [5, 5.41) is 10.3. The van der Waals surface area contributed by atoms with Crippen molar-refractivity contribution in [2.75, 3.05) is 0 Å². The molecular formula is C12H9Cl2NOS. The van der Waals surface area contributed by atoms with Crippen molar-refractivity contribution in [2.24, 2.45) is 0 Å². The Labute approximate surface area is 114 Å². The van der Waals surface area contributed by atoms with Crippen molar-refractivity contribution in [1.82, 2.24) is 4.98 Å². The third-order valence-electron chi connectivity index (χ3n) is 2.11. The molecule has 0 fully saturated rings. The molecule has 88 valence electrons. The lowest BCUT2D eigenvalue weighted by molar-refractivity contribution is 0.474. The van der Waals surface area contributed by atoms with E-state index in [4.69, 9.17) is 23.2 Å². The lowest BCUT2D eigenvalue weighted by atomic mass is 10.3. The minimum absolute atomic E-state index is 0.260. The van der Waals surface area contributed by atoms with Gasteiger partial charge in [-0.3, -0.25) is 0 Å². The summed E-state index contributed by atoms with van der Waals surface area (Å²) < 4.78 is 0. The predicted octanol–water partition coefficient (Wildman–Crippen LogP) is 4.39. The van der Waals surface area contributed by atoms with E-state index in [1.54, 1.807) is 42.2 Å². The molecule has 2 aromatic rings. The average molecular weight is 286 g/mol. The van der Waals surface area contributed by atoms with Crippen LogP contribution in [0, 0.1) is 0 Å². The maximum absolute atomic E-state index is 9.33. The first-order chi connectivity index (χ1) is 8.15. The first-order valence-corrected chi connectivity index (χ1v) is 6.61. The van der Waals surface area contributed by atoms with Crippen LogP contribution in [-0.4, -0.2) is 10.1 Å². The van der Waals surface area contributed by atoms with Crippen LogP contribution in [0.25, 0.3) is 0 Å². The third kappa shape index (κ3) is 3.53. The number of phenols is 1. The molecule has 0 amide bonds. The van der Waals surface area contributed by atoms with Crippen LogP contribution < -0.4 is 0 Å². The molecule has 1 aromatic carbocycles. The minimum Gasteiger partial charge on any atom is -0.508 e. The number of pyridine rings is 1. The number of rotatable bonds is 3. The van der Waals surface area contributed by atoms with Gasteiger partial charge >= 0.3 is 0 Å². The molecule has 0 bridgehead atoms. The fourth-order valence-corrected chi connectivity index (χ4v) is 2.72. The number of phenolic OH excluding ortho intramolecular Hbond substituents is 1. The van der Waals surface area contributed by atoms with Gasteiger partial charge in [-0.1, -0.05) is 29.3 Å². The van der Waals surface area contributed by atoms with E-state index in [0.29, 0.717) is 15.9 Å². The Balaban J connectivity index is 2.07. The Bertz CT molecular complexity index is 534. The number of benzene rings is 1. The van der Waals surface area contributed by atoms with Crippen molar-refractivity contribution in [1.29, 1.82) is 0 Å². The van der Waals surface area contributed by atoms with Crippen LogP contribution >= 0.6 is 35.0 Å². The lowest BCUT2D eigenvalue weighted by Crippen LogP contribution is -1.85. The second-order valence-electron chi connectivity index (χ2n) is 3.38. The van der Waals surface area contributed by atoms with E-state index in [1.807, 2.05) is 6.07 Å². The molecule has 0 aliphatic carbocycles. The van der Waals surface area contributed by atoms with Crippen molar-refractivity contribution in [3.8, 4) is 5.75 Å². The fraction of sp³-hybridized carbons (Fsp3) is 0.0833. The topological polar surface area (TPSA) is 33.1 Å². The molecule has 5 heteroatoms. The fourth-order valence-electron chi connectivity index (χ4n) is 1.28. The molecule has 0 unspecified atom stereocenters. The summed E-state index contributed by atoms with van der Waals surface area (Å²) in [6.45, 7) is 0. The molecule has 0 radical (unpaired) electrons. The Morgan fingerprint density at radius 2 is 2.06 bits per heavy atom. The molecule has 0 atom stereocenters. The van der Waals surface area contributed by atoms with Crippen LogP contribution in [0.2, 0.25) is 10.2 Å². The van der Waals surface area contributed by atoms with Crippen molar-refractivity contribution in [3.05, 3.63) is 52.3 Å². The number of hydrogen-bond donors (Lipinski definition) is 1. The standard InChI is InChI=1S/C12H9Cl2NOS/c13-11-5-12(14)15-6-8(11)7-17-10-3-1-2-9(16)4-10/h1-6,16H,7H2. The highest BCUT2D eigenvalue weighted by molar-refractivity contribution is 7.98. The van der Waals surface area contributed by atoms with Gasteiger partial charge in [0.1, 0.15) is 10.9 Å². The quantitative estimate of drug-likeness (QED) is 0.671. The molecule has 0 spiro atoms. The number of thioether (sulfide) groups is 1. The van der Waals surface area contributed by atoms with Crippen molar-refractivity contribution < 1.29 is 5.11 Å². The SMILES string of the molecule is Oc1cccc(SCc2cnc(Cl)cc2Cl)c1. The Morgan fingerprint density at radius 1 is 1.24 bits per heavy atom. The second-order valence-corrected chi connectivity index (χ2v) is 5.23. The summed E-state index contributed by atoms with van der Waals surface area (Å²) in [6, 6.07) is 8.71. The number of nitrogens with zero attached hydrogens (tertiary/aromatic N) is 1. The van der Waals surface area contributed by atoms with E-state index in [9.17, 15) is 5.11 Å². The third-order valence-corrected chi connectivity index (χ3v) is 3.71. The number of aromatic hydroxyl groups is 1. The van der Waals surface area contributed by atoms with Gasteiger partial charge in [0.05, 0.1) is 0 Å². The van der Waals surface area contributed by atoms with Gasteiger partial charge in [-0.15, -0.1) is 11.8 Å². The van der Waals surface area contributed by atoms with Crippen LogP contribution in [0.5, 0.6) is 5.75 Å². The summed E-state index contributed by atoms with van der Waals surface area (Å²) in [7, 11) is 0. The van der Waals surface area contributed by atoms with E-state index in [0.717, 1.165) is 10.5 Å². The van der Waals surface area contributed by atoms with E-state index in [-0.39, 0.29) is 5.75 Å². The summed E-state index contributed by atoms with van der Waals surface area (Å²) in [5.74, 6) is 0.947. The van der Waals surface area contributed by atoms with Gasteiger partial charge in [-0.2, -0.15) is 0 Å². The Kier molecular flexibility index (Phi) is 4.15. The molecule has 0 saturated heterocycles. The normalized spacial score (nSPS) is 10.5. The van der Waals surface area contributed by atoms with Crippen LogP contribution in [0.4, 0.5) is 0 Å². The van der Waals surface area contributed by atoms with E-state index in [1.165, 1.54) is 0 Å². The zero-order chi connectivity index (χ0) is 12.3. The molecule has 17 heavy (non-hydrogen) atoms. The highest BCUT2D eigenvalue weighted by Gasteiger charge is 2.03. The van der Waals surface area contributed by atoms with Crippen LogP contribution in [-0.2, 0) is 5.75 Å². The number of halogens is 2. The average Bonchev–Trinajstić information content (AvgIpc) is 2.28. The van der Waals surface area contributed by atoms with Gasteiger partial charge in [0.2, 0.25) is 0 Å². The predicted molar refractivity (Wildman–Crippen MR) is 71.9 cm³/mol. The zero-order valence-corrected chi connectivity index (χ0v) is 11.1. The summed E-state index contributed by atoms with van der Waals surface area (Å²) in [4.78, 5) is 4.97. The zero-order valence-electron chi connectivity index (χ0n) is 8.73. The van der Waals surface area contributed by atoms with E-state index in [2.05, 4.69) is 4.98 Å². The van der Waals surface area contributed by atoms with Gasteiger partial charge in [0.25, 0.3) is 0 Å². The first kappa shape index (κ1) is 12.6. The molecule has 1 N–H and O–H groups in total. The molecule has 2 rings (SSSR count). The number of hydrogen-bond acceptors (Lipinski definition) is 3. The van der Waals surface area contributed by atoms with E-state index >= 15 is 0 Å². The van der Waals surface area contributed by atoms with E-state index < -0.39 is 0 Å². The highest BCUT2D eigenvalue weighted by Crippen LogP contribution is 2.28. The van der Waals surface area contributed by atoms with Gasteiger partial charge in [0.15, 0.2) is 0 Å². The molecule has 0 aliphatic rings. The largest absolute Gasteiger partial charge is 0.508 e. The highest BCUT2D eigenvalue weighted by atomic mass is 35.5. The minimum atomic E-state index is 0.260. The monoisotopic (exact) mass is 285 g/mol. The van der Waals surface area contributed by atoms with Crippen LogP contribution in [0.3, 0.4) is 0 Å². The van der Waals surface area contributed by atoms with Gasteiger partial charge in [-0.25, -0.2) is 4.98 Å². The second kappa shape index (κ2) is 5.63. The molecular weight excluding hydrogens is 277 g/mol. The van der Waals surface area contributed by atoms with Crippen LogP contribution in [0.15, 0.2) is 41.4 Å². The van der Waals surface area contributed by atoms with Crippen molar-refractivity contribution in [2.45, 2.75) is 10.6 Å².